The van der Waals surface area contributed by atoms with E-state index in [1.165, 1.54) is 11.3 Å². The van der Waals surface area contributed by atoms with Gasteiger partial charge < -0.3 is 10.5 Å². The van der Waals surface area contributed by atoms with Gasteiger partial charge in [0.25, 0.3) is 5.56 Å². The average Bonchev–Trinajstić information content (AvgIpc) is 3.07. The molecule has 148 valence electrons. The van der Waals surface area contributed by atoms with E-state index in [-0.39, 0.29) is 23.8 Å². The highest BCUT2D eigenvalue weighted by Crippen LogP contribution is 2.37. The monoisotopic (exact) mass is 399 g/mol. The molecule has 3 aromatic rings. The first-order chi connectivity index (χ1) is 13.3. The number of hydrogen-bond donors (Lipinski definition) is 1. The fourth-order valence-corrected chi connectivity index (χ4v) is 4.27. The summed E-state index contributed by atoms with van der Waals surface area (Å²) in [5.74, 6) is 1.17. The average molecular weight is 400 g/mol. The van der Waals surface area contributed by atoms with Crippen LogP contribution in [0, 0.1) is 6.92 Å². The Morgan fingerprint density at radius 3 is 2.71 bits per heavy atom. The van der Waals surface area contributed by atoms with Crippen LogP contribution in [0.4, 0.5) is 0 Å². The van der Waals surface area contributed by atoms with Crippen molar-refractivity contribution in [2.45, 2.75) is 46.1 Å². The summed E-state index contributed by atoms with van der Waals surface area (Å²) in [7, 11) is 1.62. The van der Waals surface area contributed by atoms with E-state index in [0.717, 1.165) is 33.1 Å². The number of primary amides is 1. The number of aryl methyl sites for hydroxylation is 1. The zero-order chi connectivity index (χ0) is 20.4. The lowest BCUT2D eigenvalue weighted by atomic mass is 10.0. The van der Waals surface area contributed by atoms with E-state index in [0.29, 0.717) is 18.4 Å². The Morgan fingerprint density at radius 1 is 1.32 bits per heavy atom. The van der Waals surface area contributed by atoms with Crippen LogP contribution in [0.1, 0.15) is 44.0 Å². The summed E-state index contributed by atoms with van der Waals surface area (Å²) >= 11 is 1.46. The Kier molecular flexibility index (Phi) is 5.84. The fraction of sp³-hybridized carbons (Fsp3) is 0.381. The first-order valence-electron chi connectivity index (χ1n) is 9.28. The van der Waals surface area contributed by atoms with Crippen LogP contribution in [0.5, 0.6) is 5.75 Å². The molecule has 0 saturated carbocycles. The molecule has 0 saturated heterocycles. The van der Waals surface area contributed by atoms with Crippen molar-refractivity contribution in [3.05, 3.63) is 45.3 Å². The highest BCUT2D eigenvalue weighted by molar-refractivity contribution is 7.17. The molecule has 2 heterocycles. The number of methoxy groups -OCH3 is 1. The number of hydrogen-bond acceptors (Lipinski definition) is 5. The third-order valence-electron chi connectivity index (χ3n) is 4.69. The molecule has 2 aromatic heterocycles. The highest BCUT2D eigenvalue weighted by Gasteiger charge is 2.20. The molecule has 0 spiro atoms. The number of carbonyl (C=O) groups excluding carboxylic acids is 1. The van der Waals surface area contributed by atoms with Gasteiger partial charge >= 0.3 is 0 Å². The van der Waals surface area contributed by atoms with Crippen molar-refractivity contribution < 1.29 is 9.53 Å². The maximum absolute atomic E-state index is 13.4. The molecule has 6 nitrogen and oxygen atoms in total. The lowest BCUT2D eigenvalue weighted by Crippen LogP contribution is -2.26. The smallest absolute Gasteiger partial charge is 0.262 e. The van der Waals surface area contributed by atoms with Gasteiger partial charge in [0.15, 0.2) is 0 Å². The molecule has 0 unspecified atom stereocenters. The number of amides is 1. The fourth-order valence-electron chi connectivity index (χ4n) is 3.34. The van der Waals surface area contributed by atoms with Crippen molar-refractivity contribution in [1.29, 1.82) is 0 Å². The van der Waals surface area contributed by atoms with Crippen LogP contribution < -0.4 is 16.0 Å². The van der Waals surface area contributed by atoms with Crippen molar-refractivity contribution in [1.82, 2.24) is 9.55 Å². The summed E-state index contributed by atoms with van der Waals surface area (Å²) in [4.78, 5) is 30.1. The Labute approximate surface area is 168 Å². The third-order valence-corrected chi connectivity index (χ3v) is 5.56. The first kappa shape index (κ1) is 20.1. The Morgan fingerprint density at radius 2 is 2.07 bits per heavy atom. The SMILES string of the molecule is COc1ccc(C)cc1-c1csc2nc(C(C)C)n(CCCC(N)=O)c(=O)c12. The topological polar surface area (TPSA) is 87.2 Å². The minimum atomic E-state index is -0.367. The molecule has 0 atom stereocenters. The number of ether oxygens (including phenoxy) is 1. The predicted molar refractivity (Wildman–Crippen MR) is 113 cm³/mol. The summed E-state index contributed by atoms with van der Waals surface area (Å²) in [5, 5.41) is 2.56. The molecule has 1 amide bonds. The number of nitrogens with two attached hydrogens (primary N) is 1. The normalized spacial score (nSPS) is 11.3. The number of thiophene rings is 1. The van der Waals surface area contributed by atoms with E-state index in [2.05, 4.69) is 0 Å². The van der Waals surface area contributed by atoms with Crippen molar-refractivity contribution in [2.75, 3.05) is 7.11 Å². The summed E-state index contributed by atoms with van der Waals surface area (Å²) in [6.45, 7) is 6.44. The van der Waals surface area contributed by atoms with Gasteiger partial charge in [-0.25, -0.2) is 4.98 Å². The highest BCUT2D eigenvalue weighted by atomic mass is 32.1. The lowest BCUT2D eigenvalue weighted by Gasteiger charge is -2.15. The molecule has 0 radical (unpaired) electrons. The van der Waals surface area contributed by atoms with Gasteiger partial charge in [-0.15, -0.1) is 11.3 Å². The van der Waals surface area contributed by atoms with Gasteiger partial charge in [-0.1, -0.05) is 25.5 Å². The van der Waals surface area contributed by atoms with Crippen LogP contribution >= 0.6 is 11.3 Å². The van der Waals surface area contributed by atoms with Gasteiger partial charge in [-0.3, -0.25) is 14.2 Å². The lowest BCUT2D eigenvalue weighted by molar-refractivity contribution is -0.118. The standard InChI is InChI=1S/C21H25N3O3S/c1-12(2)19-23-20-18(21(26)24(19)9-5-6-17(22)25)15(11-28-20)14-10-13(3)7-8-16(14)27-4/h7-8,10-12H,5-6,9H2,1-4H3,(H2,22,25). The van der Waals surface area contributed by atoms with Crippen LogP contribution in [0.25, 0.3) is 21.3 Å². The summed E-state index contributed by atoms with van der Waals surface area (Å²) in [6, 6.07) is 5.91. The number of carbonyl (C=O) groups is 1. The van der Waals surface area contributed by atoms with Crippen molar-refractivity contribution >= 4 is 27.5 Å². The van der Waals surface area contributed by atoms with E-state index in [9.17, 15) is 9.59 Å². The van der Waals surface area contributed by atoms with Gasteiger partial charge in [0.05, 0.1) is 12.5 Å². The van der Waals surface area contributed by atoms with Gasteiger partial charge in [0, 0.05) is 35.4 Å². The second-order valence-electron chi connectivity index (χ2n) is 7.18. The first-order valence-corrected chi connectivity index (χ1v) is 10.2. The maximum Gasteiger partial charge on any atom is 0.262 e. The molecule has 0 bridgehead atoms. The molecule has 0 fully saturated rings. The summed E-state index contributed by atoms with van der Waals surface area (Å²) < 4.78 is 7.21. The van der Waals surface area contributed by atoms with E-state index in [1.807, 2.05) is 44.4 Å². The van der Waals surface area contributed by atoms with Crippen LogP contribution in [0.2, 0.25) is 0 Å². The van der Waals surface area contributed by atoms with E-state index >= 15 is 0 Å². The maximum atomic E-state index is 13.4. The molecular formula is C21H25N3O3S. The van der Waals surface area contributed by atoms with E-state index in [1.54, 1.807) is 11.7 Å². The second-order valence-corrected chi connectivity index (χ2v) is 8.04. The molecule has 0 aliphatic heterocycles. The van der Waals surface area contributed by atoms with Crippen LogP contribution in [0.15, 0.2) is 28.4 Å². The Balaban J connectivity index is 2.22. The van der Waals surface area contributed by atoms with Gasteiger partial charge in [-0.05, 0) is 25.5 Å². The second kappa shape index (κ2) is 8.14. The molecule has 7 heteroatoms. The zero-order valence-electron chi connectivity index (χ0n) is 16.6. The van der Waals surface area contributed by atoms with Crippen LogP contribution in [0.3, 0.4) is 0 Å². The molecule has 1 aromatic carbocycles. The number of aromatic nitrogens is 2. The predicted octanol–water partition coefficient (Wildman–Crippen LogP) is 3.83. The van der Waals surface area contributed by atoms with Crippen molar-refractivity contribution in [3.63, 3.8) is 0 Å². The van der Waals surface area contributed by atoms with Crippen molar-refractivity contribution in [3.8, 4) is 16.9 Å². The quantitative estimate of drug-likeness (QED) is 0.654. The number of rotatable bonds is 7. The van der Waals surface area contributed by atoms with Crippen LogP contribution in [-0.4, -0.2) is 22.6 Å². The molecule has 3 rings (SSSR count). The third kappa shape index (κ3) is 3.80. The molecule has 28 heavy (non-hydrogen) atoms. The molecule has 0 aliphatic rings. The number of benzene rings is 1. The minimum Gasteiger partial charge on any atom is -0.496 e. The van der Waals surface area contributed by atoms with Crippen molar-refractivity contribution in [2.24, 2.45) is 5.73 Å². The Bertz CT molecular complexity index is 1080. The van der Waals surface area contributed by atoms with Crippen LogP contribution in [-0.2, 0) is 11.3 Å². The molecule has 2 N–H and O–H groups in total. The zero-order valence-corrected chi connectivity index (χ0v) is 17.4. The van der Waals surface area contributed by atoms with Gasteiger partial charge in [-0.2, -0.15) is 0 Å². The number of nitrogens with zero attached hydrogens (tertiary/aromatic N) is 2. The molecule has 0 aliphatic carbocycles. The summed E-state index contributed by atoms with van der Waals surface area (Å²) in [6.07, 6.45) is 0.750. The Hall–Kier alpha value is -2.67. The largest absolute Gasteiger partial charge is 0.496 e. The van der Waals surface area contributed by atoms with Gasteiger partial charge in [0.1, 0.15) is 16.4 Å². The minimum absolute atomic E-state index is 0.0852. The number of fused-ring (bicyclic) bond motifs is 1. The van der Waals surface area contributed by atoms with E-state index < -0.39 is 0 Å². The summed E-state index contributed by atoms with van der Waals surface area (Å²) in [5.41, 5.74) is 7.97. The van der Waals surface area contributed by atoms with Gasteiger partial charge in [0.2, 0.25) is 5.91 Å². The molecular weight excluding hydrogens is 374 g/mol. The van der Waals surface area contributed by atoms with E-state index in [4.69, 9.17) is 15.5 Å².